The van der Waals surface area contributed by atoms with E-state index >= 15 is 0 Å². The molecule has 0 spiro atoms. The lowest BCUT2D eigenvalue weighted by atomic mass is 10.1. The van der Waals surface area contributed by atoms with Crippen molar-refractivity contribution in [3.8, 4) is 0 Å². The summed E-state index contributed by atoms with van der Waals surface area (Å²) in [6.45, 7) is 2.34. The van der Waals surface area contributed by atoms with Crippen molar-refractivity contribution in [2.45, 2.75) is 38.8 Å². The molecule has 366 valence electrons. The standard InChI is InChI=1S/C23H24F2N4O5S.C23H24F2N4O4S/c1-35(32,33)11-3-8-29-19-7-6-17(28-9-10-34-14-20(28)30)13-18(19)26-23(29)27-22(31)16-5-2-4-15(12-16)21(24)25;1-34(32)11-3-8-29-19-7-6-17(28-9-10-33-14-20(28)30)13-18(19)26-23(29)27-22(31)16-5-2-4-15(12-16)21(24)25/h2,4-7,12-13,21H,3,8-11,14H2,1H3,(H,26,27,31);2,4-7,12-13,21H,3,8-11,14H2,1H3,(H,26,27,31). The Morgan fingerprint density at radius 1 is 0.696 bits per heavy atom. The molecule has 2 saturated heterocycles. The number of aromatic nitrogens is 4. The lowest BCUT2D eigenvalue weighted by Gasteiger charge is -2.26. The first-order chi connectivity index (χ1) is 32.9. The number of hydrogen-bond donors (Lipinski definition) is 2. The normalized spacial score (nSPS) is 14.9. The molecule has 2 aliphatic heterocycles. The number of fused-ring (bicyclic) bond motifs is 2. The number of alkyl halides is 4. The van der Waals surface area contributed by atoms with E-state index in [1.165, 1.54) is 36.4 Å². The number of carbonyl (C=O) groups is 4. The van der Waals surface area contributed by atoms with Gasteiger partial charge in [0.1, 0.15) is 23.1 Å². The van der Waals surface area contributed by atoms with Crippen LogP contribution < -0.4 is 20.4 Å². The van der Waals surface area contributed by atoms with E-state index in [1.54, 1.807) is 55.5 Å². The number of anilines is 4. The smallest absolute Gasteiger partial charge is 0.263 e. The molecule has 4 aromatic carbocycles. The van der Waals surface area contributed by atoms with Gasteiger partial charge in [-0.3, -0.25) is 34.0 Å². The number of rotatable bonds is 16. The molecule has 2 fully saturated rings. The number of morpholine rings is 2. The maximum Gasteiger partial charge on any atom is 0.263 e. The summed E-state index contributed by atoms with van der Waals surface area (Å²) in [5, 5.41) is 5.38. The lowest BCUT2D eigenvalue weighted by Crippen LogP contribution is -2.41. The van der Waals surface area contributed by atoms with Crippen molar-refractivity contribution in [3.63, 3.8) is 0 Å². The molecule has 2 aliphatic rings. The largest absolute Gasteiger partial charge is 0.370 e. The van der Waals surface area contributed by atoms with Gasteiger partial charge in [-0.05, 0) is 73.5 Å². The van der Waals surface area contributed by atoms with E-state index < -0.39 is 45.3 Å². The minimum absolute atomic E-state index is 0.0135. The average molecular weight is 997 g/mol. The van der Waals surface area contributed by atoms with Crippen LogP contribution in [0.1, 0.15) is 57.5 Å². The highest BCUT2D eigenvalue weighted by Crippen LogP contribution is 2.29. The summed E-state index contributed by atoms with van der Waals surface area (Å²) in [6, 6.07) is 21.0. The van der Waals surface area contributed by atoms with Gasteiger partial charge in [0, 0.05) is 88.9 Å². The summed E-state index contributed by atoms with van der Waals surface area (Å²) in [6.07, 6.45) is -1.78. The zero-order chi connectivity index (χ0) is 49.4. The molecule has 4 heterocycles. The van der Waals surface area contributed by atoms with Crippen LogP contribution in [-0.2, 0) is 52.8 Å². The van der Waals surface area contributed by atoms with Gasteiger partial charge in [-0.2, -0.15) is 0 Å². The minimum Gasteiger partial charge on any atom is -0.370 e. The van der Waals surface area contributed by atoms with E-state index in [2.05, 4.69) is 20.6 Å². The third-order valence-electron chi connectivity index (χ3n) is 11.0. The van der Waals surface area contributed by atoms with Crippen LogP contribution in [0.3, 0.4) is 0 Å². The zero-order valence-electron chi connectivity index (χ0n) is 37.4. The number of ether oxygens (including phenoxy) is 2. The first kappa shape index (κ1) is 50.3. The molecule has 2 aromatic heterocycles. The number of nitrogens with one attached hydrogen (secondary N) is 2. The molecular weight excluding hydrogens is 949 g/mol. The molecule has 4 amide bonds. The fraction of sp³-hybridized carbons (Fsp3) is 0.348. The van der Waals surface area contributed by atoms with Crippen LogP contribution in [0.25, 0.3) is 22.1 Å². The molecule has 6 aromatic rings. The molecule has 8 rings (SSSR count). The third-order valence-corrected chi connectivity index (χ3v) is 12.9. The molecule has 0 bridgehead atoms. The van der Waals surface area contributed by atoms with Crippen LogP contribution in [0.4, 0.5) is 40.8 Å². The highest BCUT2D eigenvalue weighted by Gasteiger charge is 2.25. The first-order valence-electron chi connectivity index (χ1n) is 21.6. The molecular formula is C46H48F4N8O9S2. The van der Waals surface area contributed by atoms with Crippen molar-refractivity contribution in [1.82, 2.24) is 19.1 Å². The zero-order valence-corrected chi connectivity index (χ0v) is 39.0. The van der Waals surface area contributed by atoms with Crippen molar-refractivity contribution in [1.29, 1.82) is 0 Å². The monoisotopic (exact) mass is 996 g/mol. The second kappa shape index (κ2) is 22.2. The Kier molecular flexibility index (Phi) is 16.2. The molecule has 2 N–H and O–H groups in total. The van der Waals surface area contributed by atoms with Gasteiger partial charge in [0.05, 0.1) is 41.0 Å². The Morgan fingerprint density at radius 3 is 1.55 bits per heavy atom. The van der Waals surface area contributed by atoms with Crippen LogP contribution in [0.15, 0.2) is 84.9 Å². The quantitative estimate of drug-likeness (QED) is 0.102. The summed E-state index contributed by atoms with van der Waals surface area (Å²) in [7, 11) is -4.17. The summed E-state index contributed by atoms with van der Waals surface area (Å²) < 4.78 is 101. The van der Waals surface area contributed by atoms with Gasteiger partial charge < -0.3 is 28.4 Å². The van der Waals surface area contributed by atoms with Crippen molar-refractivity contribution in [2.24, 2.45) is 0 Å². The maximum atomic E-state index is 13.1. The molecule has 17 nitrogen and oxygen atoms in total. The fourth-order valence-electron chi connectivity index (χ4n) is 7.69. The molecule has 0 saturated carbocycles. The number of carbonyl (C=O) groups excluding carboxylic acids is 4. The number of imidazole rings is 2. The number of amides is 4. The van der Waals surface area contributed by atoms with Crippen LogP contribution in [0, 0.1) is 0 Å². The van der Waals surface area contributed by atoms with Gasteiger partial charge >= 0.3 is 0 Å². The Hall–Kier alpha value is -6.56. The Bertz CT molecular complexity index is 3020. The van der Waals surface area contributed by atoms with E-state index in [9.17, 15) is 49.4 Å². The number of sulfone groups is 1. The maximum absolute atomic E-state index is 13.1. The first-order valence-corrected chi connectivity index (χ1v) is 25.4. The summed E-state index contributed by atoms with van der Waals surface area (Å²) in [4.78, 5) is 62.4. The Balaban J connectivity index is 0.000000204. The van der Waals surface area contributed by atoms with Crippen molar-refractivity contribution < 1.29 is 58.8 Å². The SMILES string of the molecule is CS(=O)(=O)CCCn1c(NC(=O)c2cccc(C(F)F)c2)nc2cc(N3CCOCC3=O)ccc21.CS(=O)CCCn1c(NC(=O)c2cccc(C(F)F)c2)nc2cc(N3CCOCC3=O)ccc21. The van der Waals surface area contributed by atoms with Crippen molar-refractivity contribution in [3.05, 3.63) is 107 Å². The fourth-order valence-corrected chi connectivity index (χ4v) is 8.88. The van der Waals surface area contributed by atoms with Crippen molar-refractivity contribution in [2.75, 3.05) is 84.0 Å². The molecule has 0 radical (unpaired) electrons. The average Bonchev–Trinajstić information content (AvgIpc) is 3.84. The number of benzene rings is 4. The van der Waals surface area contributed by atoms with E-state index in [0.29, 0.717) is 72.9 Å². The second-order valence-electron chi connectivity index (χ2n) is 16.1. The highest BCUT2D eigenvalue weighted by molar-refractivity contribution is 7.90. The van der Waals surface area contributed by atoms with Gasteiger partial charge in [0.2, 0.25) is 11.9 Å². The molecule has 1 atom stereocenters. The van der Waals surface area contributed by atoms with Gasteiger partial charge in [-0.25, -0.2) is 35.9 Å². The number of halogens is 4. The van der Waals surface area contributed by atoms with Gasteiger partial charge in [0.15, 0.2) is 0 Å². The van der Waals surface area contributed by atoms with E-state index in [1.807, 2.05) is 6.07 Å². The van der Waals surface area contributed by atoms with Gasteiger partial charge in [-0.15, -0.1) is 0 Å². The Morgan fingerprint density at radius 2 is 1.14 bits per heavy atom. The van der Waals surface area contributed by atoms with Gasteiger partial charge in [0.25, 0.3) is 36.5 Å². The minimum atomic E-state index is -3.20. The van der Waals surface area contributed by atoms with Crippen LogP contribution >= 0.6 is 0 Å². The third kappa shape index (κ3) is 12.8. The van der Waals surface area contributed by atoms with Crippen LogP contribution in [0.5, 0.6) is 0 Å². The predicted octanol–water partition coefficient (Wildman–Crippen LogP) is 6.38. The van der Waals surface area contributed by atoms with Crippen LogP contribution in [0.2, 0.25) is 0 Å². The topological polar surface area (TPSA) is 204 Å². The molecule has 23 heteroatoms. The Labute approximate surface area is 396 Å². The van der Waals surface area contributed by atoms with Gasteiger partial charge in [-0.1, -0.05) is 24.3 Å². The molecule has 1 unspecified atom stereocenters. The summed E-state index contributed by atoms with van der Waals surface area (Å²) in [5.41, 5.74) is 3.29. The number of hydrogen-bond acceptors (Lipinski definition) is 11. The molecule has 69 heavy (non-hydrogen) atoms. The summed E-state index contributed by atoms with van der Waals surface area (Å²) in [5.74, 6) is -0.724. The van der Waals surface area contributed by atoms with E-state index in [4.69, 9.17) is 9.47 Å². The number of nitrogens with zero attached hydrogens (tertiary/aromatic N) is 6. The number of aryl methyl sites for hydroxylation is 2. The summed E-state index contributed by atoms with van der Waals surface area (Å²) >= 11 is 0. The van der Waals surface area contributed by atoms with E-state index in [-0.39, 0.29) is 77.9 Å². The predicted molar refractivity (Wildman–Crippen MR) is 252 cm³/mol. The highest BCUT2D eigenvalue weighted by atomic mass is 32.2. The molecule has 0 aliphatic carbocycles. The van der Waals surface area contributed by atoms with E-state index in [0.717, 1.165) is 23.9 Å². The van der Waals surface area contributed by atoms with Crippen molar-refractivity contribution >= 4 is 89.6 Å². The lowest BCUT2D eigenvalue weighted by molar-refractivity contribution is -0.126. The second-order valence-corrected chi connectivity index (χ2v) is 19.9. The van der Waals surface area contributed by atoms with Crippen LogP contribution in [-0.4, -0.2) is 119 Å².